The van der Waals surface area contributed by atoms with Crippen LogP contribution in [0.2, 0.25) is 0 Å². The summed E-state index contributed by atoms with van der Waals surface area (Å²) in [5.41, 5.74) is 1.13. The molecule has 0 spiro atoms. The van der Waals surface area contributed by atoms with Gasteiger partial charge in [-0.05, 0) is 12.5 Å². The van der Waals surface area contributed by atoms with Crippen LogP contribution in [0.25, 0.3) is 0 Å². The van der Waals surface area contributed by atoms with E-state index < -0.39 is 36.7 Å². The van der Waals surface area contributed by atoms with E-state index >= 15 is 0 Å². The highest BCUT2D eigenvalue weighted by atomic mass is 19.3. The number of hydrogen-bond acceptors (Lipinski definition) is 6. The molecule has 0 radical (unpaired) electrons. The van der Waals surface area contributed by atoms with Gasteiger partial charge >= 0.3 is 0 Å². The molecule has 32 heavy (non-hydrogen) atoms. The molecule has 2 aromatic heterocycles. The topological polar surface area (TPSA) is 106 Å². The van der Waals surface area contributed by atoms with Gasteiger partial charge in [-0.25, -0.2) is 23.4 Å². The zero-order valence-corrected chi connectivity index (χ0v) is 17.3. The molecule has 0 aliphatic carbocycles. The van der Waals surface area contributed by atoms with Crippen molar-refractivity contribution >= 4 is 11.8 Å². The fourth-order valence-corrected chi connectivity index (χ4v) is 3.54. The first-order chi connectivity index (χ1) is 15.3. The minimum absolute atomic E-state index is 0.0208. The lowest BCUT2D eigenvalue weighted by Gasteiger charge is -2.23. The smallest absolute Gasteiger partial charge is 0.273 e. The molecule has 11 heteroatoms. The molecule has 166 valence electrons. The second-order valence-corrected chi connectivity index (χ2v) is 7.66. The first-order valence-corrected chi connectivity index (χ1v) is 10.0. The molecule has 1 saturated heterocycles. The molecule has 1 aliphatic heterocycles. The van der Waals surface area contributed by atoms with Crippen molar-refractivity contribution in [2.45, 2.75) is 38.4 Å². The first-order valence-electron chi connectivity index (χ1n) is 10.0. The van der Waals surface area contributed by atoms with Crippen molar-refractivity contribution in [2.75, 3.05) is 6.54 Å². The molecule has 1 N–H and O–H groups in total. The van der Waals surface area contributed by atoms with E-state index in [9.17, 15) is 18.4 Å². The first kappa shape index (κ1) is 21.5. The Balaban J connectivity index is 1.43. The number of alkyl halides is 2. The van der Waals surface area contributed by atoms with E-state index in [1.807, 2.05) is 30.3 Å². The van der Waals surface area contributed by atoms with Crippen molar-refractivity contribution in [3.8, 4) is 0 Å². The van der Waals surface area contributed by atoms with Crippen molar-refractivity contribution in [1.29, 1.82) is 0 Å². The van der Waals surface area contributed by atoms with Crippen LogP contribution in [0.5, 0.6) is 0 Å². The number of aryl methyl sites for hydroxylation is 1. The maximum Gasteiger partial charge on any atom is 0.273 e. The van der Waals surface area contributed by atoms with Crippen LogP contribution >= 0.6 is 0 Å². The lowest BCUT2D eigenvalue weighted by molar-refractivity contribution is 0.0117. The number of rotatable bonds is 6. The maximum atomic E-state index is 14.1. The number of benzene rings is 1. The molecule has 1 aromatic carbocycles. The normalized spacial score (nSPS) is 17.3. The third kappa shape index (κ3) is 4.93. The molecule has 3 aromatic rings. The average molecular weight is 441 g/mol. The van der Waals surface area contributed by atoms with Crippen LogP contribution in [0, 0.1) is 6.92 Å². The highest BCUT2D eigenvalue weighted by Gasteiger charge is 2.47. The van der Waals surface area contributed by atoms with Gasteiger partial charge in [-0.15, -0.1) is 5.10 Å². The largest absolute Gasteiger partial charge is 0.347 e. The maximum absolute atomic E-state index is 14.1. The summed E-state index contributed by atoms with van der Waals surface area (Å²) in [6, 6.07) is 8.55. The minimum Gasteiger partial charge on any atom is -0.347 e. The number of hydrogen-bond donors (Lipinski definition) is 1. The van der Waals surface area contributed by atoms with Gasteiger partial charge in [-0.1, -0.05) is 35.5 Å². The Morgan fingerprint density at radius 3 is 2.62 bits per heavy atom. The van der Waals surface area contributed by atoms with Crippen molar-refractivity contribution in [1.82, 2.24) is 35.2 Å². The molecule has 1 aliphatic rings. The number of amides is 2. The summed E-state index contributed by atoms with van der Waals surface area (Å²) in [5.74, 6) is -3.55. The van der Waals surface area contributed by atoms with E-state index in [2.05, 4.69) is 25.6 Å². The number of aromatic nitrogens is 5. The molecular weight excluding hydrogens is 420 g/mol. The van der Waals surface area contributed by atoms with Crippen molar-refractivity contribution in [3.05, 3.63) is 71.6 Å². The van der Waals surface area contributed by atoms with Gasteiger partial charge in [-0.3, -0.25) is 9.59 Å². The molecule has 1 fully saturated rings. The summed E-state index contributed by atoms with van der Waals surface area (Å²) in [6.07, 6.45) is 3.51. The second kappa shape index (κ2) is 8.77. The number of halogens is 2. The van der Waals surface area contributed by atoms with E-state index in [0.29, 0.717) is 12.4 Å². The molecule has 2 amide bonds. The van der Waals surface area contributed by atoms with Crippen LogP contribution in [-0.4, -0.2) is 60.2 Å². The average Bonchev–Trinajstić information content (AvgIpc) is 3.36. The lowest BCUT2D eigenvalue weighted by atomic mass is 10.2. The summed E-state index contributed by atoms with van der Waals surface area (Å²) in [4.78, 5) is 34.1. The van der Waals surface area contributed by atoms with Gasteiger partial charge in [0.15, 0.2) is 5.69 Å². The van der Waals surface area contributed by atoms with Gasteiger partial charge in [-0.2, -0.15) is 0 Å². The molecule has 1 atom stereocenters. The monoisotopic (exact) mass is 441 g/mol. The summed E-state index contributed by atoms with van der Waals surface area (Å²) in [5, 5.41) is 10.4. The molecule has 4 rings (SSSR count). The number of likely N-dealkylation sites (tertiary alicyclic amines) is 1. The molecule has 0 bridgehead atoms. The van der Waals surface area contributed by atoms with E-state index in [4.69, 9.17) is 0 Å². The van der Waals surface area contributed by atoms with Gasteiger partial charge in [0, 0.05) is 25.4 Å². The standard InChI is InChI=1S/C21H21F2N7O2/c1-14-24-9-16(10-25-14)20(32)30-13-21(22,23)7-17(30)11-29-12-18(27-28-29)19(31)26-8-15-5-3-2-4-6-15/h2-6,9-10,12,17H,7-8,11,13H2,1H3,(H,26,31)/t17-/m0/s1. The van der Waals surface area contributed by atoms with E-state index in [0.717, 1.165) is 10.5 Å². The summed E-state index contributed by atoms with van der Waals surface area (Å²) in [7, 11) is 0. The minimum atomic E-state index is -3.03. The molecule has 0 unspecified atom stereocenters. The third-order valence-corrected chi connectivity index (χ3v) is 5.13. The van der Waals surface area contributed by atoms with Crippen LogP contribution < -0.4 is 5.32 Å². The molecule has 0 saturated carbocycles. The van der Waals surface area contributed by atoms with E-state index in [-0.39, 0.29) is 17.8 Å². The summed E-state index contributed by atoms with van der Waals surface area (Å²) in [6.45, 7) is 1.26. The summed E-state index contributed by atoms with van der Waals surface area (Å²) >= 11 is 0. The Bertz CT molecular complexity index is 1100. The highest BCUT2D eigenvalue weighted by molar-refractivity contribution is 5.94. The van der Waals surface area contributed by atoms with E-state index in [1.165, 1.54) is 23.3 Å². The molecule has 3 heterocycles. The summed E-state index contributed by atoms with van der Waals surface area (Å²) < 4.78 is 29.6. The number of nitrogens with zero attached hydrogens (tertiary/aromatic N) is 6. The molecular formula is C21H21F2N7O2. The third-order valence-electron chi connectivity index (χ3n) is 5.13. The molecule has 9 nitrogen and oxygen atoms in total. The Morgan fingerprint density at radius 2 is 1.91 bits per heavy atom. The van der Waals surface area contributed by atoms with Gasteiger partial charge < -0.3 is 10.2 Å². The van der Waals surface area contributed by atoms with Crippen molar-refractivity contribution in [2.24, 2.45) is 0 Å². The predicted octanol–water partition coefficient (Wildman–Crippen LogP) is 1.86. The zero-order valence-electron chi connectivity index (χ0n) is 17.3. The van der Waals surface area contributed by atoms with Crippen LogP contribution in [0.15, 0.2) is 48.9 Å². The van der Waals surface area contributed by atoms with E-state index in [1.54, 1.807) is 6.92 Å². The van der Waals surface area contributed by atoms with Gasteiger partial charge in [0.1, 0.15) is 5.82 Å². The van der Waals surface area contributed by atoms with Crippen molar-refractivity contribution in [3.63, 3.8) is 0 Å². The fourth-order valence-electron chi connectivity index (χ4n) is 3.54. The van der Waals surface area contributed by atoms with Crippen LogP contribution in [0.4, 0.5) is 8.78 Å². The number of nitrogens with one attached hydrogen (secondary N) is 1. The van der Waals surface area contributed by atoms with Crippen LogP contribution in [0.1, 0.15) is 38.7 Å². The van der Waals surface area contributed by atoms with Gasteiger partial charge in [0.05, 0.1) is 30.9 Å². The second-order valence-electron chi connectivity index (χ2n) is 7.66. The zero-order chi connectivity index (χ0) is 22.7. The highest BCUT2D eigenvalue weighted by Crippen LogP contribution is 2.33. The Kier molecular flexibility index (Phi) is 5.89. The van der Waals surface area contributed by atoms with Gasteiger partial charge in [0.2, 0.25) is 0 Å². The quantitative estimate of drug-likeness (QED) is 0.626. The Morgan fingerprint density at radius 1 is 1.19 bits per heavy atom. The number of carbonyl (C=O) groups is 2. The van der Waals surface area contributed by atoms with Crippen LogP contribution in [-0.2, 0) is 13.1 Å². The van der Waals surface area contributed by atoms with Crippen molar-refractivity contribution < 1.29 is 18.4 Å². The SMILES string of the molecule is Cc1ncc(C(=O)N2CC(F)(F)C[C@H]2Cn2cc(C(=O)NCc3ccccc3)nn2)cn1. The Labute approximate surface area is 182 Å². The van der Waals surface area contributed by atoms with Crippen LogP contribution in [0.3, 0.4) is 0 Å². The Hall–Kier alpha value is -3.76. The predicted molar refractivity (Wildman–Crippen MR) is 109 cm³/mol. The number of carbonyl (C=O) groups excluding carboxylic acids is 2. The fraction of sp³-hybridized carbons (Fsp3) is 0.333. The lowest BCUT2D eigenvalue weighted by Crippen LogP contribution is -2.39. The van der Waals surface area contributed by atoms with Gasteiger partial charge in [0.25, 0.3) is 17.7 Å².